The molecule has 0 aromatic rings. The van der Waals surface area contributed by atoms with Gasteiger partial charge in [0.1, 0.15) is 0 Å². The van der Waals surface area contributed by atoms with Crippen molar-refractivity contribution < 1.29 is 0 Å². The van der Waals surface area contributed by atoms with E-state index in [-0.39, 0.29) is 0 Å². The summed E-state index contributed by atoms with van der Waals surface area (Å²) in [5.41, 5.74) is 0. The van der Waals surface area contributed by atoms with Gasteiger partial charge in [-0.3, -0.25) is 0 Å². The molecule has 54 valence electrons. The van der Waals surface area contributed by atoms with Crippen molar-refractivity contribution in [2.45, 2.75) is 18.9 Å². The van der Waals surface area contributed by atoms with Gasteiger partial charge in [0.05, 0.1) is 0 Å². The normalized spacial score (nSPS) is 37.6. The van der Waals surface area contributed by atoms with Crippen molar-refractivity contribution in [3.8, 4) is 0 Å². The van der Waals surface area contributed by atoms with Crippen molar-refractivity contribution in [1.82, 2.24) is 5.32 Å². The van der Waals surface area contributed by atoms with Crippen molar-refractivity contribution >= 4 is 0 Å². The van der Waals surface area contributed by atoms with E-state index in [1.807, 2.05) is 0 Å². The van der Waals surface area contributed by atoms with Crippen LogP contribution >= 0.6 is 0 Å². The van der Waals surface area contributed by atoms with Gasteiger partial charge in [-0.2, -0.15) is 0 Å². The van der Waals surface area contributed by atoms with Gasteiger partial charge in [0.2, 0.25) is 0 Å². The first kappa shape index (κ1) is 6.17. The molecule has 1 nitrogen and oxygen atoms in total. The lowest BCUT2D eigenvalue weighted by molar-refractivity contribution is 0.372. The molecular formula is C9H13N. The summed E-state index contributed by atoms with van der Waals surface area (Å²) >= 11 is 0. The van der Waals surface area contributed by atoms with E-state index in [9.17, 15) is 0 Å². The molecule has 2 rings (SSSR count). The van der Waals surface area contributed by atoms with E-state index in [0.717, 1.165) is 5.92 Å². The van der Waals surface area contributed by atoms with E-state index in [4.69, 9.17) is 0 Å². The Kier molecular flexibility index (Phi) is 1.60. The van der Waals surface area contributed by atoms with Crippen molar-refractivity contribution in [2.24, 2.45) is 5.92 Å². The third kappa shape index (κ3) is 1.01. The molecule has 2 atom stereocenters. The highest BCUT2D eigenvalue weighted by Crippen LogP contribution is 2.21. The molecule has 1 saturated heterocycles. The Labute approximate surface area is 61.8 Å². The second-order valence-electron chi connectivity index (χ2n) is 3.06. The monoisotopic (exact) mass is 135 g/mol. The minimum Gasteiger partial charge on any atom is -0.310 e. The smallest absolute Gasteiger partial charge is 0.0316 e. The second kappa shape index (κ2) is 2.59. The van der Waals surface area contributed by atoms with Crippen LogP contribution in [0.4, 0.5) is 0 Å². The van der Waals surface area contributed by atoms with Gasteiger partial charge < -0.3 is 5.32 Å². The fourth-order valence-electron chi connectivity index (χ4n) is 1.75. The lowest BCUT2D eigenvalue weighted by Gasteiger charge is -2.29. The number of nitrogens with one attached hydrogen (secondary N) is 1. The van der Waals surface area contributed by atoms with Crippen molar-refractivity contribution in [1.29, 1.82) is 0 Å². The number of allylic oxidation sites excluding steroid dienone is 2. The standard InChI is InChI=1S/C9H13N/c1-2-6-9-8(4-1)5-3-7-10-9/h1-2,4,6,8-10H,3,5,7H2. The SMILES string of the molecule is C1=CC2CCCNC2C=C1. The van der Waals surface area contributed by atoms with E-state index in [1.165, 1.54) is 19.4 Å². The minimum absolute atomic E-state index is 0.638. The zero-order chi connectivity index (χ0) is 6.81. The van der Waals surface area contributed by atoms with Crippen molar-refractivity contribution in [3.63, 3.8) is 0 Å². The van der Waals surface area contributed by atoms with Gasteiger partial charge in [0, 0.05) is 6.04 Å². The average molecular weight is 135 g/mol. The lowest BCUT2D eigenvalue weighted by atomic mass is 9.88. The summed E-state index contributed by atoms with van der Waals surface area (Å²) in [5.74, 6) is 0.777. The molecule has 1 aliphatic carbocycles. The number of fused-ring (bicyclic) bond motifs is 1. The van der Waals surface area contributed by atoms with Crippen LogP contribution in [0, 0.1) is 5.92 Å². The summed E-state index contributed by atoms with van der Waals surface area (Å²) in [6.07, 6.45) is 11.6. The Hall–Kier alpha value is -0.560. The Morgan fingerprint density at radius 1 is 1.20 bits per heavy atom. The average Bonchev–Trinajstić information content (AvgIpc) is 2.05. The first-order chi connectivity index (χ1) is 4.97. The molecule has 10 heavy (non-hydrogen) atoms. The van der Waals surface area contributed by atoms with Gasteiger partial charge >= 0.3 is 0 Å². The molecule has 0 bridgehead atoms. The maximum atomic E-state index is 3.48. The van der Waals surface area contributed by atoms with Crippen LogP contribution in [0.15, 0.2) is 24.3 Å². The largest absolute Gasteiger partial charge is 0.310 e. The molecule has 0 aromatic heterocycles. The third-order valence-corrected chi connectivity index (χ3v) is 2.34. The Morgan fingerprint density at radius 3 is 3.00 bits per heavy atom. The van der Waals surface area contributed by atoms with Crippen LogP contribution in [-0.2, 0) is 0 Å². The molecule has 1 fully saturated rings. The zero-order valence-electron chi connectivity index (χ0n) is 6.09. The predicted octanol–water partition coefficient (Wildman–Crippen LogP) is 1.48. The third-order valence-electron chi connectivity index (χ3n) is 2.34. The fourth-order valence-corrected chi connectivity index (χ4v) is 1.75. The summed E-state index contributed by atoms with van der Waals surface area (Å²) in [4.78, 5) is 0. The van der Waals surface area contributed by atoms with E-state index < -0.39 is 0 Å². The van der Waals surface area contributed by atoms with Crippen molar-refractivity contribution in [3.05, 3.63) is 24.3 Å². The summed E-state index contributed by atoms with van der Waals surface area (Å²) < 4.78 is 0. The van der Waals surface area contributed by atoms with Gasteiger partial charge in [-0.25, -0.2) is 0 Å². The van der Waals surface area contributed by atoms with Crippen molar-refractivity contribution in [2.75, 3.05) is 6.54 Å². The molecule has 1 aliphatic heterocycles. The first-order valence-corrected chi connectivity index (χ1v) is 4.05. The van der Waals surface area contributed by atoms with Gasteiger partial charge in [0.15, 0.2) is 0 Å². The summed E-state index contributed by atoms with van der Waals surface area (Å²) in [6.45, 7) is 1.19. The highest BCUT2D eigenvalue weighted by atomic mass is 14.9. The Balaban J connectivity index is 2.09. The van der Waals surface area contributed by atoms with Crippen LogP contribution in [0.25, 0.3) is 0 Å². The van der Waals surface area contributed by atoms with Gasteiger partial charge in [-0.05, 0) is 25.3 Å². The van der Waals surface area contributed by atoms with Gasteiger partial charge in [0.25, 0.3) is 0 Å². The fraction of sp³-hybridized carbons (Fsp3) is 0.556. The van der Waals surface area contributed by atoms with Gasteiger partial charge in [-0.1, -0.05) is 24.3 Å². The molecular weight excluding hydrogens is 122 g/mol. The maximum absolute atomic E-state index is 3.48. The van der Waals surface area contributed by atoms with Crippen LogP contribution in [0.1, 0.15) is 12.8 Å². The van der Waals surface area contributed by atoms with E-state index in [2.05, 4.69) is 29.6 Å². The number of rotatable bonds is 0. The molecule has 0 amide bonds. The Bertz CT molecular complexity index is 150. The lowest BCUT2D eigenvalue weighted by Crippen LogP contribution is -2.39. The highest BCUT2D eigenvalue weighted by molar-refractivity contribution is 5.17. The second-order valence-corrected chi connectivity index (χ2v) is 3.06. The molecule has 2 aliphatic rings. The zero-order valence-corrected chi connectivity index (χ0v) is 6.09. The summed E-state index contributed by atoms with van der Waals surface area (Å²) in [5, 5.41) is 3.48. The first-order valence-electron chi connectivity index (χ1n) is 4.05. The summed E-state index contributed by atoms with van der Waals surface area (Å²) in [7, 11) is 0. The number of piperidine rings is 1. The predicted molar refractivity (Wildman–Crippen MR) is 42.8 cm³/mol. The molecule has 0 spiro atoms. The minimum atomic E-state index is 0.638. The maximum Gasteiger partial charge on any atom is 0.0316 e. The number of hydrogen-bond acceptors (Lipinski definition) is 1. The highest BCUT2D eigenvalue weighted by Gasteiger charge is 2.20. The van der Waals surface area contributed by atoms with E-state index in [1.54, 1.807) is 0 Å². The molecule has 0 saturated carbocycles. The van der Waals surface area contributed by atoms with Crippen LogP contribution in [0.3, 0.4) is 0 Å². The summed E-state index contributed by atoms with van der Waals surface area (Å²) in [6, 6.07) is 0.638. The molecule has 2 unspecified atom stereocenters. The van der Waals surface area contributed by atoms with Gasteiger partial charge in [-0.15, -0.1) is 0 Å². The van der Waals surface area contributed by atoms with E-state index >= 15 is 0 Å². The van der Waals surface area contributed by atoms with Crippen LogP contribution in [-0.4, -0.2) is 12.6 Å². The molecule has 1 heterocycles. The van der Waals surface area contributed by atoms with Crippen LogP contribution in [0.5, 0.6) is 0 Å². The molecule has 0 aromatic carbocycles. The molecule has 0 radical (unpaired) electrons. The number of hydrogen-bond donors (Lipinski definition) is 1. The topological polar surface area (TPSA) is 12.0 Å². The molecule has 1 heteroatoms. The molecule has 1 N–H and O–H groups in total. The Morgan fingerprint density at radius 2 is 2.10 bits per heavy atom. The quantitative estimate of drug-likeness (QED) is 0.530. The van der Waals surface area contributed by atoms with Crippen LogP contribution in [0.2, 0.25) is 0 Å². The van der Waals surface area contributed by atoms with E-state index in [0.29, 0.717) is 6.04 Å². The van der Waals surface area contributed by atoms with Crippen LogP contribution < -0.4 is 5.32 Å².